The number of fused-ring (bicyclic) bond motifs is 2. The number of benzene rings is 2. The van der Waals surface area contributed by atoms with Crippen LogP contribution < -0.4 is 0 Å². The highest BCUT2D eigenvalue weighted by atomic mass is 19.4. The predicted octanol–water partition coefficient (Wildman–Crippen LogP) is 1.82. The Hall–Kier alpha value is -2.20. The summed E-state index contributed by atoms with van der Waals surface area (Å²) in [7, 11) is 0. The lowest BCUT2D eigenvalue weighted by atomic mass is 10.1. The fraction of sp³-hybridized carbons (Fsp3) is 0.353. The molecule has 3 aromatic rings. The van der Waals surface area contributed by atoms with E-state index in [1.165, 1.54) is 12.1 Å². The van der Waals surface area contributed by atoms with E-state index in [0.717, 1.165) is 9.95 Å². The van der Waals surface area contributed by atoms with Crippen molar-refractivity contribution in [2.75, 3.05) is 6.61 Å². The van der Waals surface area contributed by atoms with Gasteiger partial charge in [-0.05, 0) is 22.9 Å². The zero-order valence-electron chi connectivity index (χ0n) is 13.3. The van der Waals surface area contributed by atoms with Crippen molar-refractivity contribution in [3.63, 3.8) is 0 Å². The predicted molar refractivity (Wildman–Crippen MR) is 85.3 cm³/mol. The maximum absolute atomic E-state index is 13.6. The number of hydrogen-bond acceptors (Lipinski definition) is 5. The van der Waals surface area contributed by atoms with Gasteiger partial charge in [0.2, 0.25) is 5.82 Å². The third kappa shape index (κ3) is 2.55. The van der Waals surface area contributed by atoms with Crippen LogP contribution in [0, 0.1) is 0 Å². The van der Waals surface area contributed by atoms with Gasteiger partial charge in [-0.3, -0.25) is 4.57 Å². The van der Waals surface area contributed by atoms with E-state index in [4.69, 9.17) is 4.74 Å². The van der Waals surface area contributed by atoms with E-state index in [2.05, 4.69) is 4.98 Å². The second-order valence-electron chi connectivity index (χ2n) is 6.22. The third-order valence-corrected chi connectivity index (χ3v) is 4.58. The van der Waals surface area contributed by atoms with Crippen molar-refractivity contribution in [1.82, 2.24) is 9.55 Å². The van der Waals surface area contributed by atoms with Gasteiger partial charge in [-0.15, -0.1) is 0 Å². The number of hydrogen-bond donors (Lipinski definition) is 3. The minimum absolute atomic E-state index is 0.0914. The van der Waals surface area contributed by atoms with E-state index < -0.39 is 43.1 Å². The summed E-state index contributed by atoms with van der Waals surface area (Å²) in [6, 6.07) is 10.1. The van der Waals surface area contributed by atoms with Crippen molar-refractivity contribution in [3.05, 3.63) is 42.2 Å². The molecule has 138 valence electrons. The molecule has 1 fully saturated rings. The van der Waals surface area contributed by atoms with E-state index in [0.29, 0.717) is 5.39 Å². The molecule has 0 unspecified atom stereocenters. The van der Waals surface area contributed by atoms with E-state index >= 15 is 0 Å². The molecular weight excluding hydrogens is 353 g/mol. The van der Waals surface area contributed by atoms with Gasteiger partial charge >= 0.3 is 6.18 Å². The monoisotopic (exact) mass is 368 g/mol. The van der Waals surface area contributed by atoms with Crippen LogP contribution in [0.5, 0.6) is 0 Å². The van der Waals surface area contributed by atoms with Crippen LogP contribution in [0.25, 0.3) is 21.8 Å². The lowest BCUT2D eigenvalue weighted by Crippen LogP contribution is -2.33. The largest absolute Gasteiger partial charge is 0.449 e. The Morgan fingerprint density at radius 3 is 2.31 bits per heavy atom. The van der Waals surface area contributed by atoms with Crippen LogP contribution in [0.1, 0.15) is 12.1 Å². The first kappa shape index (κ1) is 17.2. The summed E-state index contributed by atoms with van der Waals surface area (Å²) in [6.07, 6.45) is -10.7. The third-order valence-electron chi connectivity index (χ3n) is 4.58. The second kappa shape index (κ2) is 5.92. The summed E-state index contributed by atoms with van der Waals surface area (Å²) in [5, 5.41) is 30.7. The maximum atomic E-state index is 13.6. The molecule has 1 aromatic heterocycles. The summed E-state index contributed by atoms with van der Waals surface area (Å²) in [5.74, 6) is -1.24. The Morgan fingerprint density at radius 1 is 1.08 bits per heavy atom. The number of nitrogens with zero attached hydrogens (tertiary/aromatic N) is 2. The summed E-state index contributed by atoms with van der Waals surface area (Å²) in [4.78, 5) is 3.69. The van der Waals surface area contributed by atoms with Gasteiger partial charge in [0.1, 0.15) is 18.3 Å². The van der Waals surface area contributed by atoms with Crippen LogP contribution in [-0.4, -0.2) is 49.8 Å². The molecular formula is C17H15F3N2O4. The van der Waals surface area contributed by atoms with E-state index in [-0.39, 0.29) is 11.0 Å². The van der Waals surface area contributed by atoms with Crippen LogP contribution >= 0.6 is 0 Å². The zero-order chi connectivity index (χ0) is 18.6. The topological polar surface area (TPSA) is 87.7 Å². The summed E-state index contributed by atoms with van der Waals surface area (Å²) in [6.45, 7) is -0.633. The molecule has 0 saturated carbocycles. The Morgan fingerprint density at radius 2 is 1.73 bits per heavy atom. The Kier molecular flexibility index (Phi) is 3.92. The van der Waals surface area contributed by atoms with Crippen LogP contribution in [0.3, 0.4) is 0 Å². The van der Waals surface area contributed by atoms with Crippen molar-refractivity contribution in [1.29, 1.82) is 0 Å². The summed E-state index contributed by atoms with van der Waals surface area (Å²) in [5.41, 5.74) is 0.208. The Balaban J connectivity index is 1.98. The van der Waals surface area contributed by atoms with Crippen LogP contribution in [0.15, 0.2) is 36.4 Å². The first-order valence-corrected chi connectivity index (χ1v) is 7.91. The average Bonchev–Trinajstić information content (AvgIpc) is 3.10. The van der Waals surface area contributed by atoms with Crippen LogP contribution in [-0.2, 0) is 10.9 Å². The smallest absolute Gasteiger partial charge is 0.394 e. The minimum Gasteiger partial charge on any atom is -0.394 e. The first-order valence-electron chi connectivity index (χ1n) is 7.91. The lowest BCUT2D eigenvalue weighted by Gasteiger charge is -2.20. The minimum atomic E-state index is -4.80. The van der Waals surface area contributed by atoms with Gasteiger partial charge in [-0.2, -0.15) is 13.2 Å². The molecule has 2 aromatic carbocycles. The standard InChI is InChI=1S/C17H15F3N2O4/c18-17(19,20)16-21-10-5-8-3-1-2-4-9(8)6-11(10)22(16)15-14(25)13(24)12(7-23)26-15/h1-6,12-15,23-25H,7H2/t12-,13+,14+,15+/m0/s1. The quantitative estimate of drug-likeness (QED) is 0.642. The number of aromatic nitrogens is 2. The molecule has 4 rings (SSSR count). The number of rotatable bonds is 2. The van der Waals surface area contributed by atoms with Crippen LogP contribution in [0.4, 0.5) is 13.2 Å². The molecule has 1 aliphatic rings. The maximum Gasteiger partial charge on any atom is 0.449 e. The van der Waals surface area contributed by atoms with E-state index in [9.17, 15) is 28.5 Å². The molecule has 0 radical (unpaired) electrons. The highest BCUT2D eigenvalue weighted by molar-refractivity contribution is 5.95. The molecule has 3 N–H and O–H groups in total. The Labute approximate surface area is 145 Å². The highest BCUT2D eigenvalue weighted by Gasteiger charge is 2.48. The molecule has 2 heterocycles. The average molecular weight is 368 g/mol. The molecule has 4 atom stereocenters. The van der Waals surface area contributed by atoms with Gasteiger partial charge in [0.25, 0.3) is 0 Å². The summed E-state index contributed by atoms with van der Waals surface area (Å²) >= 11 is 0. The molecule has 1 saturated heterocycles. The fourth-order valence-electron chi connectivity index (χ4n) is 3.33. The summed E-state index contributed by atoms with van der Waals surface area (Å²) < 4.78 is 46.7. The number of halogens is 3. The molecule has 9 heteroatoms. The number of aliphatic hydroxyl groups is 3. The number of alkyl halides is 3. The van der Waals surface area contributed by atoms with Gasteiger partial charge in [0.05, 0.1) is 17.6 Å². The molecule has 0 bridgehead atoms. The fourth-order valence-corrected chi connectivity index (χ4v) is 3.33. The molecule has 0 amide bonds. The van der Waals surface area contributed by atoms with Crippen molar-refractivity contribution >= 4 is 21.8 Å². The van der Waals surface area contributed by atoms with Crippen molar-refractivity contribution in [2.24, 2.45) is 0 Å². The highest BCUT2D eigenvalue weighted by Crippen LogP contribution is 2.39. The van der Waals surface area contributed by atoms with Crippen molar-refractivity contribution < 1.29 is 33.2 Å². The number of aliphatic hydroxyl groups excluding tert-OH is 3. The van der Waals surface area contributed by atoms with E-state index in [1.54, 1.807) is 24.3 Å². The zero-order valence-corrected chi connectivity index (χ0v) is 13.3. The van der Waals surface area contributed by atoms with Crippen molar-refractivity contribution in [3.8, 4) is 0 Å². The van der Waals surface area contributed by atoms with Gasteiger partial charge in [-0.25, -0.2) is 4.98 Å². The first-order chi connectivity index (χ1) is 12.3. The second-order valence-corrected chi connectivity index (χ2v) is 6.22. The molecule has 1 aliphatic heterocycles. The van der Waals surface area contributed by atoms with Crippen LogP contribution in [0.2, 0.25) is 0 Å². The number of imidazole rings is 1. The Bertz CT molecular complexity index is 972. The van der Waals surface area contributed by atoms with E-state index in [1.807, 2.05) is 0 Å². The number of ether oxygens (including phenoxy) is 1. The molecule has 6 nitrogen and oxygen atoms in total. The molecule has 0 aliphatic carbocycles. The van der Waals surface area contributed by atoms with Gasteiger partial charge in [0, 0.05) is 0 Å². The molecule has 26 heavy (non-hydrogen) atoms. The van der Waals surface area contributed by atoms with Gasteiger partial charge in [-0.1, -0.05) is 24.3 Å². The SMILES string of the molecule is OC[C@@H]1O[C@@H](n2c(C(F)(F)F)nc3cc4ccccc4cc32)[C@H](O)[C@@H]1O. The normalized spacial score (nSPS) is 26.8. The molecule has 0 spiro atoms. The van der Waals surface area contributed by atoms with Crippen molar-refractivity contribution in [2.45, 2.75) is 30.7 Å². The van der Waals surface area contributed by atoms with Gasteiger partial charge < -0.3 is 20.1 Å². The lowest BCUT2D eigenvalue weighted by molar-refractivity contribution is -0.154. The van der Waals surface area contributed by atoms with Gasteiger partial charge in [0.15, 0.2) is 6.23 Å².